The van der Waals surface area contributed by atoms with Crippen molar-refractivity contribution < 1.29 is 0 Å². The van der Waals surface area contributed by atoms with Crippen LogP contribution < -0.4 is 4.90 Å². The summed E-state index contributed by atoms with van der Waals surface area (Å²) < 4.78 is 0. The van der Waals surface area contributed by atoms with Gasteiger partial charge < -0.3 is 4.90 Å². The molecule has 0 N–H and O–H groups in total. The summed E-state index contributed by atoms with van der Waals surface area (Å²) >= 11 is 0. The molecule has 1 aliphatic rings. The molecule has 0 spiro atoms. The smallest absolute Gasteiger partial charge is 0.135 e. The lowest BCUT2D eigenvalue weighted by Gasteiger charge is -2.47. The van der Waals surface area contributed by atoms with Gasteiger partial charge in [0.2, 0.25) is 0 Å². The molecule has 1 heterocycles. The minimum atomic E-state index is 0.491. The van der Waals surface area contributed by atoms with Gasteiger partial charge in [-0.15, -0.1) is 0 Å². The minimum Gasteiger partial charge on any atom is -0.356 e. The molecule has 1 aromatic heterocycles. The highest BCUT2D eigenvalue weighted by molar-refractivity contribution is 5.64. The third-order valence-corrected chi connectivity index (χ3v) is 3.69. The lowest BCUT2D eigenvalue weighted by Crippen LogP contribution is -2.47. The predicted molar refractivity (Wildman–Crippen MR) is 78.7 cm³/mol. The summed E-state index contributed by atoms with van der Waals surface area (Å²) in [4.78, 5) is 6.84. The van der Waals surface area contributed by atoms with E-state index in [9.17, 15) is 0 Å². The Morgan fingerprint density at radius 2 is 2.17 bits per heavy atom. The first-order valence-corrected chi connectivity index (χ1v) is 6.50. The summed E-state index contributed by atoms with van der Waals surface area (Å²) in [5.41, 5.74) is 1.65. The Labute approximate surface area is 110 Å². The van der Waals surface area contributed by atoms with E-state index in [4.69, 9.17) is 0 Å². The highest BCUT2D eigenvalue weighted by atomic mass is 15.2. The van der Waals surface area contributed by atoms with Gasteiger partial charge in [0.15, 0.2) is 0 Å². The number of anilines is 1. The van der Waals surface area contributed by atoms with Crippen LogP contribution in [0.5, 0.6) is 0 Å². The van der Waals surface area contributed by atoms with Gasteiger partial charge in [-0.3, -0.25) is 0 Å². The summed E-state index contributed by atoms with van der Waals surface area (Å²) in [5, 5.41) is 0. The SMILES string of the molecule is C=C/C=C\c1cccnc1N(C)C1CC(C)(C)C1. The fourth-order valence-corrected chi connectivity index (χ4v) is 2.67. The van der Waals surface area contributed by atoms with Crippen molar-refractivity contribution in [2.75, 3.05) is 11.9 Å². The van der Waals surface area contributed by atoms with Crippen LogP contribution in [0, 0.1) is 5.41 Å². The zero-order valence-corrected chi connectivity index (χ0v) is 11.6. The molecule has 0 bridgehead atoms. The molecule has 1 fully saturated rings. The number of hydrogen-bond acceptors (Lipinski definition) is 2. The topological polar surface area (TPSA) is 16.1 Å². The van der Waals surface area contributed by atoms with Crippen LogP contribution in [0.4, 0.5) is 5.82 Å². The summed E-state index contributed by atoms with van der Waals surface area (Å²) in [6.45, 7) is 8.37. The van der Waals surface area contributed by atoms with Crippen molar-refractivity contribution in [2.45, 2.75) is 32.7 Å². The number of allylic oxidation sites excluding steroid dienone is 2. The monoisotopic (exact) mass is 242 g/mol. The van der Waals surface area contributed by atoms with E-state index < -0.39 is 0 Å². The van der Waals surface area contributed by atoms with Gasteiger partial charge in [-0.25, -0.2) is 4.98 Å². The molecule has 2 heteroatoms. The van der Waals surface area contributed by atoms with Crippen LogP contribution >= 0.6 is 0 Å². The predicted octanol–water partition coefficient (Wildman–Crippen LogP) is 3.91. The summed E-state index contributed by atoms with van der Waals surface area (Å²) in [6.07, 6.45) is 10.2. The first-order chi connectivity index (χ1) is 8.53. The summed E-state index contributed by atoms with van der Waals surface area (Å²) in [5.74, 6) is 1.07. The van der Waals surface area contributed by atoms with E-state index in [2.05, 4.69) is 49.5 Å². The second-order valence-corrected chi connectivity index (χ2v) is 5.85. The van der Waals surface area contributed by atoms with Gasteiger partial charge in [-0.05, 0) is 30.4 Å². The van der Waals surface area contributed by atoms with Crippen LogP contribution in [-0.2, 0) is 0 Å². The fraction of sp³-hybridized carbons (Fsp3) is 0.438. The first-order valence-electron chi connectivity index (χ1n) is 6.50. The van der Waals surface area contributed by atoms with Crippen molar-refractivity contribution in [2.24, 2.45) is 5.41 Å². The zero-order chi connectivity index (χ0) is 13.2. The van der Waals surface area contributed by atoms with Gasteiger partial charge in [0.25, 0.3) is 0 Å². The average molecular weight is 242 g/mol. The van der Waals surface area contributed by atoms with E-state index in [-0.39, 0.29) is 0 Å². The van der Waals surface area contributed by atoms with Gasteiger partial charge in [-0.1, -0.05) is 38.7 Å². The number of rotatable bonds is 4. The molecule has 0 radical (unpaired) electrons. The molecule has 1 saturated carbocycles. The molecular formula is C16H22N2. The van der Waals surface area contributed by atoms with Crippen LogP contribution in [0.1, 0.15) is 32.3 Å². The van der Waals surface area contributed by atoms with Gasteiger partial charge in [0, 0.05) is 24.8 Å². The Hall–Kier alpha value is -1.57. The van der Waals surface area contributed by atoms with Crippen molar-refractivity contribution in [1.29, 1.82) is 0 Å². The summed E-state index contributed by atoms with van der Waals surface area (Å²) in [7, 11) is 2.15. The molecule has 0 atom stereocenters. The largest absolute Gasteiger partial charge is 0.356 e. The van der Waals surface area contributed by atoms with Crippen LogP contribution in [0.25, 0.3) is 6.08 Å². The van der Waals surface area contributed by atoms with Crippen LogP contribution in [0.15, 0.2) is 37.1 Å². The van der Waals surface area contributed by atoms with Crippen molar-refractivity contribution in [3.63, 3.8) is 0 Å². The van der Waals surface area contributed by atoms with Crippen LogP contribution in [0.3, 0.4) is 0 Å². The Morgan fingerprint density at radius 3 is 2.78 bits per heavy atom. The summed E-state index contributed by atoms with van der Waals surface area (Å²) in [6, 6.07) is 4.69. The van der Waals surface area contributed by atoms with Crippen molar-refractivity contribution in [1.82, 2.24) is 4.98 Å². The van der Waals surface area contributed by atoms with Crippen molar-refractivity contribution in [3.05, 3.63) is 42.6 Å². The molecule has 0 amide bonds. The first kappa shape index (κ1) is 12.9. The second kappa shape index (κ2) is 4.97. The van der Waals surface area contributed by atoms with Gasteiger partial charge in [0.1, 0.15) is 5.82 Å². The van der Waals surface area contributed by atoms with E-state index >= 15 is 0 Å². The minimum absolute atomic E-state index is 0.491. The molecule has 18 heavy (non-hydrogen) atoms. The Bertz CT molecular complexity index is 452. The third kappa shape index (κ3) is 2.63. The van der Waals surface area contributed by atoms with E-state index in [1.807, 2.05) is 18.3 Å². The Morgan fingerprint density at radius 1 is 1.44 bits per heavy atom. The number of pyridine rings is 1. The molecule has 0 saturated heterocycles. The van der Waals surface area contributed by atoms with Gasteiger partial charge >= 0.3 is 0 Å². The molecule has 2 nitrogen and oxygen atoms in total. The normalized spacial score (nSPS) is 18.6. The van der Waals surface area contributed by atoms with E-state index in [1.54, 1.807) is 6.08 Å². The van der Waals surface area contributed by atoms with Crippen molar-refractivity contribution >= 4 is 11.9 Å². The zero-order valence-electron chi connectivity index (χ0n) is 11.6. The van der Waals surface area contributed by atoms with Gasteiger partial charge in [0.05, 0.1) is 0 Å². The van der Waals surface area contributed by atoms with Crippen molar-refractivity contribution in [3.8, 4) is 0 Å². The molecule has 0 aromatic carbocycles. The second-order valence-electron chi connectivity index (χ2n) is 5.85. The maximum absolute atomic E-state index is 4.52. The highest BCUT2D eigenvalue weighted by Crippen LogP contribution is 2.43. The van der Waals surface area contributed by atoms with Crippen LogP contribution in [-0.4, -0.2) is 18.1 Å². The third-order valence-electron chi connectivity index (χ3n) is 3.69. The maximum Gasteiger partial charge on any atom is 0.135 e. The standard InChI is InChI=1S/C16H22N2/c1-5-6-8-13-9-7-10-17-15(13)18(4)14-11-16(2,3)12-14/h5-10,14H,1,11-12H2,2-4H3/b8-6-. The van der Waals surface area contributed by atoms with E-state index in [0.29, 0.717) is 11.5 Å². The van der Waals surface area contributed by atoms with E-state index in [0.717, 1.165) is 11.4 Å². The van der Waals surface area contributed by atoms with Gasteiger partial charge in [-0.2, -0.15) is 0 Å². The molecule has 1 aliphatic carbocycles. The molecule has 0 aliphatic heterocycles. The number of hydrogen-bond donors (Lipinski definition) is 0. The molecular weight excluding hydrogens is 220 g/mol. The lowest BCUT2D eigenvalue weighted by atomic mass is 9.68. The lowest BCUT2D eigenvalue weighted by molar-refractivity contribution is 0.150. The fourth-order valence-electron chi connectivity index (χ4n) is 2.67. The average Bonchev–Trinajstić information content (AvgIpc) is 2.33. The Kier molecular flexibility index (Phi) is 3.55. The molecule has 0 unspecified atom stereocenters. The number of nitrogens with zero attached hydrogens (tertiary/aromatic N) is 2. The maximum atomic E-state index is 4.52. The van der Waals surface area contributed by atoms with Crippen LogP contribution in [0.2, 0.25) is 0 Å². The van der Waals surface area contributed by atoms with E-state index in [1.165, 1.54) is 12.8 Å². The number of aromatic nitrogens is 1. The Balaban J connectivity index is 2.17. The molecule has 2 rings (SSSR count). The quantitative estimate of drug-likeness (QED) is 0.744. The molecule has 96 valence electrons. The highest BCUT2D eigenvalue weighted by Gasteiger charge is 2.38. The molecule has 1 aromatic rings.